The number of nitrogen functional groups attached to an aromatic ring is 1. The zero-order valence-electron chi connectivity index (χ0n) is 13.5. The van der Waals surface area contributed by atoms with E-state index in [1.165, 1.54) is 7.11 Å². The van der Waals surface area contributed by atoms with Crippen molar-refractivity contribution in [3.63, 3.8) is 0 Å². The maximum Gasteiger partial charge on any atom is 0.338 e. The number of methoxy groups -OCH3 is 1. The number of aromatic nitrogens is 2. The number of hydrogen-bond acceptors (Lipinski definition) is 4. The van der Waals surface area contributed by atoms with Gasteiger partial charge in [0, 0.05) is 31.0 Å². The lowest BCUT2D eigenvalue weighted by molar-refractivity contribution is 0.0599. The van der Waals surface area contributed by atoms with Gasteiger partial charge in [-0.05, 0) is 23.3 Å². The summed E-state index contributed by atoms with van der Waals surface area (Å²) in [7, 11) is 1.39. The van der Waals surface area contributed by atoms with Gasteiger partial charge in [-0.1, -0.05) is 36.4 Å². The molecule has 0 aliphatic rings. The fourth-order valence-electron chi connectivity index (χ4n) is 2.67. The fraction of sp³-hybridized carbons (Fsp3) is 0.158. The summed E-state index contributed by atoms with van der Waals surface area (Å²) >= 11 is 0. The van der Waals surface area contributed by atoms with Crippen LogP contribution in [-0.2, 0) is 17.7 Å². The summed E-state index contributed by atoms with van der Waals surface area (Å²) in [6.45, 7) is 0.549. The Hall–Kier alpha value is -3.08. The predicted molar refractivity (Wildman–Crippen MR) is 92.8 cm³/mol. The molecule has 0 amide bonds. The molecule has 0 radical (unpaired) electrons. The second-order valence-electron chi connectivity index (χ2n) is 5.50. The van der Waals surface area contributed by atoms with Gasteiger partial charge in [0.25, 0.3) is 0 Å². The Morgan fingerprint density at radius 3 is 2.58 bits per heavy atom. The van der Waals surface area contributed by atoms with Gasteiger partial charge in [0.2, 0.25) is 0 Å². The molecule has 24 heavy (non-hydrogen) atoms. The van der Waals surface area contributed by atoms with Gasteiger partial charge in [-0.2, -0.15) is 0 Å². The van der Waals surface area contributed by atoms with Crippen LogP contribution in [0.25, 0.3) is 0 Å². The lowest BCUT2D eigenvalue weighted by Gasteiger charge is -2.12. The molecule has 0 saturated carbocycles. The fourth-order valence-corrected chi connectivity index (χ4v) is 2.67. The number of nitrogens with two attached hydrogens (primary N) is 1. The van der Waals surface area contributed by atoms with E-state index >= 15 is 0 Å². The molecule has 0 aliphatic carbocycles. The summed E-state index contributed by atoms with van der Waals surface area (Å²) in [5.41, 5.74) is 9.27. The molecule has 0 bridgehead atoms. The van der Waals surface area contributed by atoms with Crippen LogP contribution in [0.3, 0.4) is 0 Å². The van der Waals surface area contributed by atoms with Crippen molar-refractivity contribution in [1.29, 1.82) is 0 Å². The second kappa shape index (κ2) is 7.00. The van der Waals surface area contributed by atoms with E-state index < -0.39 is 0 Å². The molecule has 1 heterocycles. The molecule has 2 aromatic carbocycles. The first kappa shape index (κ1) is 15.8. The number of para-hydroxylation sites is 1. The predicted octanol–water partition coefficient (Wildman–Crippen LogP) is 2.89. The molecule has 0 atom stereocenters. The Bertz CT molecular complexity index is 855. The van der Waals surface area contributed by atoms with E-state index in [9.17, 15) is 4.79 Å². The molecule has 3 rings (SSSR count). The third kappa shape index (κ3) is 3.30. The average molecular weight is 321 g/mol. The molecular weight excluding hydrogens is 302 g/mol. The SMILES string of the molecule is COC(=O)c1ccccc1Cn1ccnc1Cc1ccccc1N. The topological polar surface area (TPSA) is 70.1 Å². The summed E-state index contributed by atoms with van der Waals surface area (Å²) in [4.78, 5) is 16.4. The van der Waals surface area contributed by atoms with E-state index in [-0.39, 0.29) is 5.97 Å². The van der Waals surface area contributed by atoms with Crippen LogP contribution >= 0.6 is 0 Å². The van der Waals surface area contributed by atoms with Crippen molar-refractivity contribution >= 4 is 11.7 Å². The van der Waals surface area contributed by atoms with Crippen molar-refractivity contribution in [3.8, 4) is 0 Å². The van der Waals surface area contributed by atoms with E-state index in [0.29, 0.717) is 18.5 Å². The van der Waals surface area contributed by atoms with Crippen molar-refractivity contribution in [2.24, 2.45) is 0 Å². The molecule has 122 valence electrons. The van der Waals surface area contributed by atoms with E-state index in [1.54, 1.807) is 12.3 Å². The van der Waals surface area contributed by atoms with Crippen LogP contribution in [0.1, 0.15) is 27.3 Å². The third-order valence-corrected chi connectivity index (χ3v) is 3.97. The van der Waals surface area contributed by atoms with Gasteiger partial charge in [0.05, 0.1) is 12.7 Å². The first-order valence-electron chi connectivity index (χ1n) is 7.68. The van der Waals surface area contributed by atoms with Crippen LogP contribution in [-0.4, -0.2) is 22.6 Å². The Morgan fingerprint density at radius 2 is 1.83 bits per heavy atom. The van der Waals surface area contributed by atoms with Gasteiger partial charge in [-0.15, -0.1) is 0 Å². The minimum Gasteiger partial charge on any atom is -0.465 e. The van der Waals surface area contributed by atoms with Crippen molar-refractivity contribution in [1.82, 2.24) is 9.55 Å². The van der Waals surface area contributed by atoms with E-state index in [0.717, 1.165) is 22.6 Å². The highest BCUT2D eigenvalue weighted by Crippen LogP contribution is 2.17. The van der Waals surface area contributed by atoms with Gasteiger partial charge in [0.15, 0.2) is 0 Å². The van der Waals surface area contributed by atoms with Crippen LogP contribution in [0.2, 0.25) is 0 Å². The van der Waals surface area contributed by atoms with Gasteiger partial charge in [0.1, 0.15) is 5.82 Å². The smallest absolute Gasteiger partial charge is 0.338 e. The zero-order valence-corrected chi connectivity index (χ0v) is 13.5. The number of nitrogens with zero attached hydrogens (tertiary/aromatic N) is 2. The van der Waals surface area contributed by atoms with Crippen LogP contribution in [0.4, 0.5) is 5.69 Å². The molecule has 3 aromatic rings. The molecule has 2 N–H and O–H groups in total. The quantitative estimate of drug-likeness (QED) is 0.579. The van der Waals surface area contributed by atoms with Gasteiger partial charge < -0.3 is 15.0 Å². The largest absolute Gasteiger partial charge is 0.465 e. The normalized spacial score (nSPS) is 10.5. The lowest BCUT2D eigenvalue weighted by atomic mass is 10.1. The number of hydrogen-bond donors (Lipinski definition) is 1. The molecule has 0 unspecified atom stereocenters. The Labute approximate surface area is 140 Å². The van der Waals surface area contributed by atoms with Gasteiger partial charge >= 0.3 is 5.97 Å². The number of carbonyl (C=O) groups is 1. The standard InChI is InChI=1S/C19H19N3O2/c1-24-19(23)16-8-4-2-7-15(16)13-22-11-10-21-18(22)12-14-6-3-5-9-17(14)20/h2-11H,12-13,20H2,1H3. The van der Waals surface area contributed by atoms with Crippen molar-refractivity contribution in [2.75, 3.05) is 12.8 Å². The minimum absolute atomic E-state index is 0.334. The van der Waals surface area contributed by atoms with Crippen molar-refractivity contribution in [3.05, 3.63) is 83.4 Å². The Balaban J connectivity index is 1.87. The maximum atomic E-state index is 11.9. The highest BCUT2D eigenvalue weighted by molar-refractivity contribution is 5.90. The third-order valence-electron chi connectivity index (χ3n) is 3.97. The highest BCUT2D eigenvalue weighted by atomic mass is 16.5. The Morgan fingerprint density at radius 1 is 1.12 bits per heavy atom. The molecule has 5 heteroatoms. The number of anilines is 1. The monoisotopic (exact) mass is 321 g/mol. The van der Waals surface area contributed by atoms with E-state index in [1.807, 2.05) is 53.2 Å². The van der Waals surface area contributed by atoms with Gasteiger partial charge in [-0.25, -0.2) is 9.78 Å². The molecule has 5 nitrogen and oxygen atoms in total. The summed E-state index contributed by atoms with van der Waals surface area (Å²) < 4.78 is 6.88. The lowest BCUT2D eigenvalue weighted by Crippen LogP contribution is -2.11. The molecule has 0 aliphatic heterocycles. The Kier molecular flexibility index (Phi) is 4.61. The highest BCUT2D eigenvalue weighted by Gasteiger charge is 2.13. The first-order valence-corrected chi connectivity index (χ1v) is 7.68. The molecular formula is C19H19N3O2. The summed E-state index contributed by atoms with van der Waals surface area (Å²) in [5.74, 6) is 0.562. The number of imidazole rings is 1. The van der Waals surface area contributed by atoms with E-state index in [2.05, 4.69) is 4.98 Å². The molecule has 1 aromatic heterocycles. The summed E-state index contributed by atoms with van der Waals surface area (Å²) in [6.07, 6.45) is 4.30. The van der Waals surface area contributed by atoms with Crippen LogP contribution in [0.15, 0.2) is 60.9 Å². The minimum atomic E-state index is -0.334. The van der Waals surface area contributed by atoms with Crippen molar-refractivity contribution in [2.45, 2.75) is 13.0 Å². The van der Waals surface area contributed by atoms with E-state index in [4.69, 9.17) is 10.5 Å². The second-order valence-corrected chi connectivity index (χ2v) is 5.50. The number of ether oxygens (including phenoxy) is 1. The maximum absolute atomic E-state index is 11.9. The summed E-state index contributed by atoms with van der Waals surface area (Å²) in [6, 6.07) is 15.2. The van der Waals surface area contributed by atoms with Crippen molar-refractivity contribution < 1.29 is 9.53 Å². The van der Waals surface area contributed by atoms with Gasteiger partial charge in [-0.3, -0.25) is 0 Å². The van der Waals surface area contributed by atoms with Crippen LogP contribution in [0.5, 0.6) is 0 Å². The molecule has 0 saturated heterocycles. The molecule has 0 spiro atoms. The van der Waals surface area contributed by atoms with Crippen LogP contribution < -0.4 is 5.73 Å². The number of benzene rings is 2. The zero-order chi connectivity index (χ0) is 16.9. The molecule has 0 fully saturated rings. The average Bonchev–Trinajstić information content (AvgIpc) is 3.03. The number of carbonyl (C=O) groups excluding carboxylic acids is 1. The number of rotatable bonds is 5. The number of esters is 1. The van der Waals surface area contributed by atoms with Crippen LogP contribution in [0, 0.1) is 0 Å². The first-order chi connectivity index (χ1) is 11.7. The summed E-state index contributed by atoms with van der Waals surface area (Å²) in [5, 5.41) is 0.